The first-order valence-corrected chi connectivity index (χ1v) is 18.8. The Labute approximate surface area is 288 Å². The van der Waals surface area contributed by atoms with Crippen molar-refractivity contribution in [3.8, 4) is 11.6 Å². The van der Waals surface area contributed by atoms with E-state index in [0.717, 1.165) is 10.3 Å². The standard InChI is InChI=1S/C33H41N5O9S2/c1-31(2)25(36-30(42)43)27(39)38-18-22(47-26-24-11-8-21(46-3)15-19(24)12-13-35-26)17-32(38,28(34)40)29(41)37-33(49(44,45)23-9-10-23)16-20(33)7-5-4-6-14-48-31/h5,7-8,11-13,15,20,22-23,25,36H,4,6,9-10,14,16-18H2,1-3H3,(H2,34,40)(H,37,41)(H,42,43)/b7-5-/t20-,22-,25-,32+,33-/m1/s1. The van der Waals surface area contributed by atoms with Crippen LogP contribution >= 0.6 is 11.8 Å². The summed E-state index contributed by atoms with van der Waals surface area (Å²) in [5.41, 5.74) is 3.63. The Hall–Kier alpha value is -4.05. The molecule has 2 aromatic rings. The summed E-state index contributed by atoms with van der Waals surface area (Å²) in [7, 11) is -2.34. The van der Waals surface area contributed by atoms with E-state index in [2.05, 4.69) is 15.6 Å². The van der Waals surface area contributed by atoms with E-state index >= 15 is 0 Å². The van der Waals surface area contributed by atoms with E-state index in [1.807, 2.05) is 6.08 Å². The molecule has 0 radical (unpaired) electrons. The van der Waals surface area contributed by atoms with Gasteiger partial charge in [0, 0.05) is 28.7 Å². The number of primary amides is 1. The first-order chi connectivity index (χ1) is 23.2. The van der Waals surface area contributed by atoms with Crippen LogP contribution in [0.3, 0.4) is 0 Å². The molecule has 5 N–H and O–H groups in total. The SMILES string of the molecule is COc1ccc2c(O[C@H]3CN4C(=O)[C@@H](NC(=O)O)C(C)(C)SCCC/C=C\[C@@H]5C[C@]5(S(=O)(=O)C5CC5)NC(=O)[C@@]4(C(N)=O)C3)nccc2c1. The third-order valence-corrected chi connectivity index (χ3v) is 14.4. The van der Waals surface area contributed by atoms with Crippen molar-refractivity contribution in [2.75, 3.05) is 19.4 Å². The van der Waals surface area contributed by atoms with Gasteiger partial charge in [0.05, 0.1) is 18.9 Å². The summed E-state index contributed by atoms with van der Waals surface area (Å²) in [6.45, 7) is 3.08. The number of methoxy groups -OCH3 is 1. The second kappa shape index (κ2) is 12.7. The zero-order valence-corrected chi connectivity index (χ0v) is 29.1. The van der Waals surface area contributed by atoms with Crippen LogP contribution in [-0.4, -0.2) is 99.2 Å². The van der Waals surface area contributed by atoms with Crippen LogP contribution in [0.15, 0.2) is 42.6 Å². The monoisotopic (exact) mass is 715 g/mol. The summed E-state index contributed by atoms with van der Waals surface area (Å²) in [5, 5.41) is 15.6. The number of allylic oxidation sites excluding steroid dienone is 1. The summed E-state index contributed by atoms with van der Waals surface area (Å²) >= 11 is 1.37. The van der Waals surface area contributed by atoms with Crippen LogP contribution in [0.2, 0.25) is 0 Å². The lowest BCUT2D eigenvalue weighted by Crippen LogP contribution is -2.70. The molecule has 4 amide bonds. The van der Waals surface area contributed by atoms with Gasteiger partial charge < -0.3 is 35.8 Å². The van der Waals surface area contributed by atoms with Crippen molar-refractivity contribution in [3.63, 3.8) is 0 Å². The van der Waals surface area contributed by atoms with Gasteiger partial charge in [-0.05, 0) is 81.4 Å². The first kappa shape index (κ1) is 34.8. The average molecular weight is 716 g/mol. The normalized spacial score (nSPS) is 30.9. The van der Waals surface area contributed by atoms with Gasteiger partial charge in [0.1, 0.15) is 22.8 Å². The highest BCUT2D eigenvalue weighted by Crippen LogP contribution is 2.54. The van der Waals surface area contributed by atoms with Gasteiger partial charge in [0.15, 0.2) is 9.84 Å². The summed E-state index contributed by atoms with van der Waals surface area (Å²) in [6.07, 6.45) is 4.62. The molecular weight excluding hydrogens is 675 g/mol. The van der Waals surface area contributed by atoms with Gasteiger partial charge >= 0.3 is 6.09 Å². The van der Waals surface area contributed by atoms with E-state index in [-0.39, 0.29) is 18.8 Å². The van der Waals surface area contributed by atoms with E-state index in [1.54, 1.807) is 44.2 Å². The van der Waals surface area contributed by atoms with E-state index in [4.69, 9.17) is 15.2 Å². The second-order valence-corrected chi connectivity index (χ2v) is 17.9. The number of carbonyl (C=O) groups is 4. The molecule has 264 valence electrons. The summed E-state index contributed by atoms with van der Waals surface area (Å²) in [4.78, 5) is 58.7. The number of thioether (sulfide) groups is 1. The number of nitrogens with two attached hydrogens (primary N) is 1. The van der Waals surface area contributed by atoms with Crippen molar-refractivity contribution < 1.29 is 42.2 Å². The highest BCUT2D eigenvalue weighted by atomic mass is 32.2. The molecule has 3 heterocycles. The minimum absolute atomic E-state index is 0.116. The molecule has 49 heavy (non-hydrogen) atoms. The number of nitrogens with zero attached hydrogens (tertiary/aromatic N) is 2. The fraction of sp³-hybridized carbons (Fsp3) is 0.545. The number of sulfone groups is 1. The van der Waals surface area contributed by atoms with Crippen LogP contribution in [0.5, 0.6) is 11.6 Å². The Morgan fingerprint density at radius 1 is 1.18 bits per heavy atom. The second-order valence-electron chi connectivity index (χ2n) is 13.6. The number of benzene rings is 1. The molecule has 14 nitrogen and oxygen atoms in total. The lowest BCUT2D eigenvalue weighted by Gasteiger charge is -2.40. The molecule has 2 aliphatic carbocycles. The number of hydrogen-bond acceptors (Lipinski definition) is 10. The van der Waals surface area contributed by atoms with E-state index in [1.165, 1.54) is 25.1 Å². The van der Waals surface area contributed by atoms with E-state index in [9.17, 15) is 32.7 Å². The minimum Gasteiger partial charge on any atom is -0.497 e. The van der Waals surface area contributed by atoms with Gasteiger partial charge in [-0.3, -0.25) is 14.4 Å². The number of carboxylic acid groups (broad SMARTS) is 1. The number of aromatic nitrogens is 1. The molecule has 0 unspecified atom stereocenters. The minimum atomic E-state index is -3.88. The van der Waals surface area contributed by atoms with Gasteiger partial charge in [0.2, 0.25) is 17.3 Å². The van der Waals surface area contributed by atoms with E-state index < -0.39 is 78.5 Å². The predicted molar refractivity (Wildman–Crippen MR) is 182 cm³/mol. The molecule has 16 heteroatoms. The van der Waals surface area contributed by atoms with Gasteiger partial charge in [0.25, 0.3) is 11.8 Å². The maximum Gasteiger partial charge on any atom is 0.405 e. The van der Waals surface area contributed by atoms with Gasteiger partial charge in [-0.1, -0.05) is 12.2 Å². The van der Waals surface area contributed by atoms with Crippen molar-refractivity contribution in [3.05, 3.63) is 42.6 Å². The van der Waals surface area contributed by atoms with Gasteiger partial charge in [-0.2, -0.15) is 11.8 Å². The van der Waals surface area contributed by atoms with Gasteiger partial charge in [-0.15, -0.1) is 0 Å². The topological polar surface area (TPSA) is 207 Å². The van der Waals surface area contributed by atoms with Crippen molar-refractivity contribution in [2.45, 2.75) is 84.9 Å². The maximum atomic E-state index is 14.6. The van der Waals surface area contributed by atoms with Crippen molar-refractivity contribution >= 4 is 56.2 Å². The molecule has 0 bridgehead atoms. The number of hydrogen-bond donors (Lipinski definition) is 4. The van der Waals surface area contributed by atoms with E-state index in [0.29, 0.717) is 42.6 Å². The summed E-state index contributed by atoms with van der Waals surface area (Å²) in [6, 6.07) is 5.59. The Bertz CT molecular complexity index is 1830. The Kier molecular flexibility index (Phi) is 9.01. The molecular formula is C33H41N5O9S2. The van der Waals surface area contributed by atoms with Crippen LogP contribution in [-0.2, 0) is 24.2 Å². The summed E-state index contributed by atoms with van der Waals surface area (Å²) in [5.74, 6) is -2.32. The molecule has 6 rings (SSSR count). The number of nitrogens with one attached hydrogen (secondary N) is 2. The fourth-order valence-electron chi connectivity index (χ4n) is 6.99. The molecule has 0 spiro atoms. The predicted octanol–water partition coefficient (Wildman–Crippen LogP) is 2.35. The van der Waals surface area contributed by atoms with Crippen LogP contribution in [0.4, 0.5) is 4.79 Å². The summed E-state index contributed by atoms with van der Waals surface area (Å²) < 4.78 is 38.3. The Balaban J connectivity index is 1.45. The van der Waals surface area contributed by atoms with Crippen molar-refractivity contribution in [1.29, 1.82) is 0 Å². The Morgan fingerprint density at radius 3 is 2.61 bits per heavy atom. The number of amides is 4. The molecule has 1 aromatic carbocycles. The smallest absolute Gasteiger partial charge is 0.405 e. The molecule has 1 aromatic heterocycles. The van der Waals surface area contributed by atoms with Crippen LogP contribution in [0, 0.1) is 5.92 Å². The third kappa shape index (κ3) is 6.17. The fourth-order valence-corrected chi connectivity index (χ4v) is 10.6. The molecule has 1 saturated heterocycles. The molecule has 5 atom stereocenters. The average Bonchev–Trinajstić information content (AvgIpc) is 3.98. The first-order valence-electron chi connectivity index (χ1n) is 16.2. The highest BCUT2D eigenvalue weighted by Gasteiger charge is 2.70. The van der Waals surface area contributed by atoms with Crippen molar-refractivity contribution in [2.24, 2.45) is 11.7 Å². The molecule has 2 saturated carbocycles. The molecule has 2 aliphatic heterocycles. The van der Waals surface area contributed by atoms with Crippen LogP contribution < -0.4 is 25.8 Å². The largest absolute Gasteiger partial charge is 0.497 e. The highest BCUT2D eigenvalue weighted by molar-refractivity contribution is 8.00. The van der Waals surface area contributed by atoms with Crippen molar-refractivity contribution in [1.82, 2.24) is 20.5 Å². The number of pyridine rings is 1. The zero-order chi connectivity index (χ0) is 35.4. The zero-order valence-electron chi connectivity index (χ0n) is 27.5. The number of rotatable bonds is 7. The quantitative estimate of drug-likeness (QED) is 0.242. The number of fused-ring (bicyclic) bond motifs is 3. The van der Waals surface area contributed by atoms with Gasteiger partial charge in [-0.25, -0.2) is 18.2 Å². The lowest BCUT2D eigenvalue weighted by molar-refractivity contribution is -0.153. The molecule has 3 fully saturated rings. The van der Waals surface area contributed by atoms with Crippen LogP contribution in [0.1, 0.15) is 52.4 Å². The number of ether oxygens (including phenoxy) is 2. The third-order valence-electron chi connectivity index (χ3n) is 9.96. The number of carbonyl (C=O) groups excluding carboxylic acids is 3. The maximum absolute atomic E-state index is 14.6. The van der Waals surface area contributed by atoms with Crippen LogP contribution in [0.25, 0.3) is 10.8 Å². The lowest BCUT2D eigenvalue weighted by atomic mass is 9.91. The molecule has 4 aliphatic rings. The Morgan fingerprint density at radius 2 is 1.94 bits per heavy atom.